The van der Waals surface area contributed by atoms with Gasteiger partial charge >= 0.3 is 0 Å². The van der Waals surface area contributed by atoms with E-state index >= 15 is 0 Å². The van der Waals surface area contributed by atoms with E-state index in [2.05, 4.69) is 300 Å². The highest BCUT2D eigenvalue weighted by Gasteiger charge is 2.54. The van der Waals surface area contributed by atoms with Crippen molar-refractivity contribution in [1.29, 1.82) is 0 Å². The molecular weight excluding hydrogens is 908 g/mol. The zero-order valence-corrected chi connectivity index (χ0v) is 44.1. The van der Waals surface area contributed by atoms with Crippen LogP contribution in [-0.4, -0.2) is 14.8 Å². The molecule has 0 fully saturated rings. The maximum Gasteiger partial charge on any atom is 0.246 e. The number of hydrogen-bond donors (Lipinski definition) is 0. The van der Waals surface area contributed by atoms with Crippen molar-refractivity contribution in [3.8, 4) is 11.1 Å². The molecule has 0 aromatic heterocycles. The normalized spacial score (nSPS) is 13.6. The van der Waals surface area contributed by atoms with E-state index < -0.39 is 8.07 Å². The van der Waals surface area contributed by atoms with Crippen LogP contribution in [0.5, 0.6) is 0 Å². The Labute approximate surface area is 438 Å². The van der Waals surface area contributed by atoms with E-state index in [1.807, 2.05) is 0 Å². The number of para-hydroxylation sites is 2. The van der Waals surface area contributed by atoms with Crippen molar-refractivity contribution in [3.63, 3.8) is 0 Å². The first-order valence-corrected chi connectivity index (χ1v) is 28.3. The van der Waals surface area contributed by atoms with Gasteiger partial charge in [0.05, 0.1) is 5.69 Å². The monoisotopic (exact) mass is 966 g/mol. The summed E-state index contributed by atoms with van der Waals surface area (Å²) in [4.78, 5) is 5.18. The zero-order valence-electron chi connectivity index (χ0n) is 43.1. The van der Waals surface area contributed by atoms with Gasteiger partial charge < -0.3 is 9.80 Å². The molecule has 2 nitrogen and oxygen atoms in total. The Morgan fingerprint density at radius 3 is 1.36 bits per heavy atom. The van der Waals surface area contributed by atoms with Crippen molar-refractivity contribution in [3.05, 3.63) is 260 Å². The molecular formula is C70H59BN2Si. The molecule has 2 aliphatic heterocycles. The minimum Gasteiger partial charge on any atom is -0.311 e. The van der Waals surface area contributed by atoms with Gasteiger partial charge in [-0.05, 0) is 124 Å². The van der Waals surface area contributed by atoms with E-state index in [0.717, 1.165) is 17.1 Å². The van der Waals surface area contributed by atoms with Gasteiger partial charge in [-0.3, -0.25) is 0 Å². The summed E-state index contributed by atoms with van der Waals surface area (Å²) in [5, 5.41) is 10.6. The summed E-state index contributed by atoms with van der Waals surface area (Å²) in [6.07, 6.45) is 0. The van der Waals surface area contributed by atoms with Crippen molar-refractivity contribution in [1.82, 2.24) is 0 Å². The lowest BCUT2D eigenvalue weighted by Crippen LogP contribution is -2.87. The van der Waals surface area contributed by atoms with Gasteiger partial charge in [-0.15, -0.1) is 0 Å². The SMILES string of the molecule is CC(C)(C)c1ccc2c(c1)N(c1c3ccccc3c(-c3ccccc3)c3ccccc13)c1cc(C(C)(C)C)cc3c1B2c1ccc(N(c2ccccc2)c2ccccc2)cc1[Si]3(c1ccccc1)c1ccccc1. The Morgan fingerprint density at radius 2 is 0.838 bits per heavy atom. The number of hydrogen-bond acceptors (Lipinski definition) is 2. The predicted molar refractivity (Wildman–Crippen MR) is 322 cm³/mol. The number of benzene rings is 11. The molecule has 356 valence electrons. The average molecular weight is 967 g/mol. The fourth-order valence-corrected chi connectivity index (χ4v) is 17.9. The van der Waals surface area contributed by atoms with Gasteiger partial charge in [-0.1, -0.05) is 247 Å². The van der Waals surface area contributed by atoms with E-state index in [1.54, 1.807) is 0 Å². The Bertz CT molecular complexity index is 3780. The number of nitrogens with zero attached hydrogens (tertiary/aromatic N) is 2. The molecule has 2 heterocycles. The second-order valence-electron chi connectivity index (χ2n) is 22.4. The first-order chi connectivity index (χ1) is 36.0. The third-order valence-corrected chi connectivity index (χ3v) is 20.9. The summed E-state index contributed by atoms with van der Waals surface area (Å²) in [6, 6.07) is 94.6. The molecule has 74 heavy (non-hydrogen) atoms. The molecule has 0 bridgehead atoms. The largest absolute Gasteiger partial charge is 0.311 e. The molecule has 0 saturated heterocycles. The molecule has 0 saturated carbocycles. The first kappa shape index (κ1) is 45.7. The first-order valence-electron chi connectivity index (χ1n) is 26.3. The highest BCUT2D eigenvalue weighted by atomic mass is 28.3. The van der Waals surface area contributed by atoms with E-state index in [-0.39, 0.29) is 17.5 Å². The summed E-state index contributed by atoms with van der Waals surface area (Å²) in [6.45, 7) is 14.2. The van der Waals surface area contributed by atoms with Crippen LogP contribution in [0.15, 0.2) is 249 Å². The summed E-state index contributed by atoms with van der Waals surface area (Å²) >= 11 is 0. The smallest absolute Gasteiger partial charge is 0.246 e. The molecule has 0 aliphatic carbocycles. The van der Waals surface area contributed by atoms with Gasteiger partial charge in [-0.2, -0.15) is 0 Å². The molecule has 0 atom stereocenters. The Balaban J connectivity index is 1.22. The molecule has 13 rings (SSSR count). The molecule has 0 unspecified atom stereocenters. The molecule has 11 aromatic rings. The highest BCUT2D eigenvalue weighted by molar-refractivity contribution is 7.26. The lowest BCUT2D eigenvalue weighted by Gasteiger charge is -2.49. The fraction of sp³-hybridized carbons (Fsp3) is 0.114. The van der Waals surface area contributed by atoms with Crippen molar-refractivity contribution >= 4 is 108 Å². The standard InChI is InChI=1S/C70H59BN2Si/c1-69(2,3)49-40-42-60-62(44-49)73(68-58-38-24-22-36-56(58)66(48-26-12-7-13-27-48)57-37-23-25-39-59(57)68)63-45-50(70(4,5)6)46-65-67(63)71(60)61-43-41-53(72(51-28-14-8-15-29-51)52-30-16-9-17-31-52)47-64(61)74(65,54-32-18-10-19-33-54)55-34-20-11-21-35-55/h7-47H,1-6H3. The Morgan fingerprint density at radius 1 is 0.378 bits per heavy atom. The van der Waals surface area contributed by atoms with Crippen LogP contribution in [0.25, 0.3) is 32.7 Å². The van der Waals surface area contributed by atoms with Crippen molar-refractivity contribution in [2.75, 3.05) is 9.80 Å². The van der Waals surface area contributed by atoms with Crippen LogP contribution in [0.1, 0.15) is 52.7 Å². The van der Waals surface area contributed by atoms with Gasteiger partial charge in [0.1, 0.15) is 0 Å². The van der Waals surface area contributed by atoms with Crippen molar-refractivity contribution in [2.24, 2.45) is 0 Å². The summed E-state index contributed by atoms with van der Waals surface area (Å²) < 4.78 is 0. The number of rotatable bonds is 7. The minimum absolute atomic E-state index is 0.0468. The second-order valence-corrected chi connectivity index (χ2v) is 26.2. The topological polar surface area (TPSA) is 6.48 Å². The van der Waals surface area contributed by atoms with E-state index in [0.29, 0.717) is 0 Å². The van der Waals surface area contributed by atoms with Gasteiger partial charge in [0.25, 0.3) is 0 Å². The molecule has 4 heteroatoms. The molecule has 11 aromatic carbocycles. The average Bonchev–Trinajstić information content (AvgIpc) is 3.48. The van der Waals surface area contributed by atoms with Crippen LogP contribution in [0.2, 0.25) is 0 Å². The minimum atomic E-state index is -3.23. The van der Waals surface area contributed by atoms with Crippen LogP contribution >= 0.6 is 0 Å². The van der Waals surface area contributed by atoms with Gasteiger partial charge in [0.2, 0.25) is 6.71 Å². The lowest BCUT2D eigenvalue weighted by molar-refractivity contribution is 0.590. The Kier molecular flexibility index (Phi) is 10.8. The zero-order chi connectivity index (χ0) is 50.3. The quantitative estimate of drug-likeness (QED) is 0.116. The maximum absolute atomic E-state index is 3.23. The van der Waals surface area contributed by atoms with Gasteiger partial charge in [0, 0.05) is 39.2 Å². The third-order valence-electron chi connectivity index (χ3n) is 16.0. The number of anilines is 6. The lowest BCUT2D eigenvalue weighted by atomic mass is 9.34. The van der Waals surface area contributed by atoms with E-state index in [4.69, 9.17) is 0 Å². The van der Waals surface area contributed by atoms with E-state index in [1.165, 1.54) is 98.0 Å². The van der Waals surface area contributed by atoms with Gasteiger partial charge in [-0.25, -0.2) is 0 Å². The maximum atomic E-state index is 2.73. The molecule has 0 radical (unpaired) electrons. The molecule has 0 amide bonds. The summed E-state index contributed by atoms with van der Waals surface area (Å²) in [5.41, 5.74) is 16.1. The Hall–Kier alpha value is -8.18. The van der Waals surface area contributed by atoms with Crippen LogP contribution in [0, 0.1) is 0 Å². The number of fused-ring (bicyclic) bond motifs is 6. The fourth-order valence-electron chi connectivity index (χ4n) is 12.6. The predicted octanol–water partition coefficient (Wildman–Crippen LogP) is 13.7. The van der Waals surface area contributed by atoms with Crippen LogP contribution in [0.3, 0.4) is 0 Å². The third kappa shape index (κ3) is 7.14. The van der Waals surface area contributed by atoms with Gasteiger partial charge in [0.15, 0.2) is 8.07 Å². The van der Waals surface area contributed by atoms with Crippen LogP contribution in [-0.2, 0) is 10.8 Å². The summed E-state index contributed by atoms with van der Waals surface area (Å²) in [5.74, 6) is 0. The summed E-state index contributed by atoms with van der Waals surface area (Å²) in [7, 11) is -3.23. The molecule has 0 spiro atoms. The highest BCUT2D eigenvalue weighted by Crippen LogP contribution is 2.50. The second kappa shape index (κ2) is 17.5. The molecule has 2 aliphatic rings. The molecule has 0 N–H and O–H groups in total. The van der Waals surface area contributed by atoms with Crippen molar-refractivity contribution in [2.45, 2.75) is 52.4 Å². The van der Waals surface area contributed by atoms with Crippen molar-refractivity contribution < 1.29 is 0 Å². The van der Waals surface area contributed by atoms with E-state index in [9.17, 15) is 0 Å². The van der Waals surface area contributed by atoms with Crippen LogP contribution < -0.4 is 46.9 Å². The van der Waals surface area contributed by atoms with Crippen LogP contribution in [0.4, 0.5) is 34.1 Å².